The molecule has 0 bridgehead atoms. The van der Waals surface area contributed by atoms with Crippen LogP contribution in [-0.2, 0) is 15.3 Å². The quantitative estimate of drug-likeness (QED) is 0.855. The van der Waals surface area contributed by atoms with Gasteiger partial charge in [-0.3, -0.25) is 0 Å². The summed E-state index contributed by atoms with van der Waals surface area (Å²) in [5.74, 6) is 0.654. The number of aromatic nitrogens is 2. The van der Waals surface area contributed by atoms with Gasteiger partial charge in [0.1, 0.15) is 10.8 Å². The van der Waals surface area contributed by atoms with E-state index in [-0.39, 0.29) is 23.0 Å². The summed E-state index contributed by atoms with van der Waals surface area (Å²) in [7, 11) is -2.96. The minimum atomic E-state index is -2.96. The van der Waals surface area contributed by atoms with Gasteiger partial charge in [0, 0.05) is 5.41 Å². The zero-order chi connectivity index (χ0) is 13.7. The van der Waals surface area contributed by atoms with Gasteiger partial charge in [-0.2, -0.15) is 5.10 Å². The molecule has 0 aliphatic carbocycles. The molecule has 1 saturated heterocycles. The van der Waals surface area contributed by atoms with Crippen LogP contribution < -0.4 is 5.73 Å². The van der Waals surface area contributed by atoms with E-state index in [9.17, 15) is 8.42 Å². The van der Waals surface area contributed by atoms with Crippen LogP contribution in [0.3, 0.4) is 0 Å². The summed E-state index contributed by atoms with van der Waals surface area (Å²) < 4.78 is 24.6. The second-order valence-electron chi connectivity index (χ2n) is 5.80. The molecule has 1 aliphatic rings. The molecule has 7 heteroatoms. The predicted molar refractivity (Wildman–Crippen MR) is 72.7 cm³/mol. The number of hydrogen-bond acceptors (Lipinski definition) is 4. The fraction of sp³-hybridized carbons (Fsp3) is 0.727. The molecular weight excluding hydrogens is 274 g/mol. The Kier molecular flexibility index (Phi) is 3.14. The van der Waals surface area contributed by atoms with Crippen LogP contribution in [0.1, 0.15) is 38.9 Å². The second kappa shape index (κ2) is 4.13. The smallest absolute Gasteiger partial charge is 0.152 e. The molecule has 2 N–H and O–H groups in total. The first-order chi connectivity index (χ1) is 8.12. The maximum absolute atomic E-state index is 11.5. The van der Waals surface area contributed by atoms with Crippen molar-refractivity contribution in [1.29, 1.82) is 0 Å². The van der Waals surface area contributed by atoms with Gasteiger partial charge in [0.25, 0.3) is 0 Å². The molecule has 102 valence electrons. The van der Waals surface area contributed by atoms with Gasteiger partial charge >= 0.3 is 0 Å². The maximum Gasteiger partial charge on any atom is 0.152 e. The van der Waals surface area contributed by atoms with E-state index in [2.05, 4.69) is 5.10 Å². The Balaban J connectivity index is 2.42. The van der Waals surface area contributed by atoms with Crippen molar-refractivity contribution in [1.82, 2.24) is 9.78 Å². The third-order valence-electron chi connectivity index (χ3n) is 3.15. The van der Waals surface area contributed by atoms with Gasteiger partial charge in [0.15, 0.2) is 9.84 Å². The molecule has 0 saturated carbocycles. The molecule has 1 fully saturated rings. The number of halogens is 1. The van der Waals surface area contributed by atoms with E-state index in [1.165, 1.54) is 0 Å². The normalized spacial score (nSPS) is 23.4. The molecule has 5 nitrogen and oxygen atoms in total. The number of anilines is 1. The third kappa shape index (κ3) is 2.36. The number of nitrogens with zero attached hydrogens (tertiary/aromatic N) is 2. The summed E-state index contributed by atoms with van der Waals surface area (Å²) in [6, 6.07) is -0.191. The van der Waals surface area contributed by atoms with Gasteiger partial charge in [-0.15, -0.1) is 0 Å². The molecule has 1 aromatic rings. The summed E-state index contributed by atoms with van der Waals surface area (Å²) in [5, 5.41) is 4.86. The molecule has 1 atom stereocenters. The van der Waals surface area contributed by atoms with Crippen molar-refractivity contribution in [3.63, 3.8) is 0 Å². The monoisotopic (exact) mass is 291 g/mol. The van der Waals surface area contributed by atoms with Crippen molar-refractivity contribution < 1.29 is 8.42 Å². The lowest BCUT2D eigenvalue weighted by molar-refractivity contribution is 0.479. The van der Waals surface area contributed by atoms with Gasteiger partial charge in [-0.1, -0.05) is 32.4 Å². The standard InChI is InChI=1S/C11H18ClN3O2S/c1-11(2,3)9-8(12)10(13)15(14-9)7-4-5-18(16,17)6-7/h7H,4-6,13H2,1-3H3. The number of sulfone groups is 1. The zero-order valence-corrected chi connectivity index (χ0v) is 12.3. The van der Waals surface area contributed by atoms with Crippen LogP contribution in [0.4, 0.5) is 5.82 Å². The van der Waals surface area contributed by atoms with Crippen molar-refractivity contribution in [2.24, 2.45) is 0 Å². The molecule has 1 aliphatic heterocycles. The molecule has 1 unspecified atom stereocenters. The van der Waals surface area contributed by atoms with Crippen LogP contribution in [0.15, 0.2) is 0 Å². The summed E-state index contributed by atoms with van der Waals surface area (Å²) in [6.45, 7) is 5.99. The number of hydrogen-bond donors (Lipinski definition) is 1. The lowest BCUT2D eigenvalue weighted by atomic mass is 9.92. The fourth-order valence-electron chi connectivity index (χ4n) is 2.15. The minimum Gasteiger partial charge on any atom is -0.383 e. The van der Waals surface area contributed by atoms with Crippen molar-refractivity contribution >= 4 is 27.3 Å². The summed E-state index contributed by atoms with van der Waals surface area (Å²) >= 11 is 6.19. The summed E-state index contributed by atoms with van der Waals surface area (Å²) in [6.07, 6.45) is 0.550. The Morgan fingerprint density at radius 1 is 1.44 bits per heavy atom. The predicted octanol–water partition coefficient (Wildman–Crippen LogP) is 1.78. The summed E-state index contributed by atoms with van der Waals surface area (Å²) in [4.78, 5) is 0. The first-order valence-corrected chi connectivity index (χ1v) is 8.06. The highest BCUT2D eigenvalue weighted by Gasteiger charge is 2.33. The maximum atomic E-state index is 11.5. The first kappa shape index (κ1) is 13.7. The van der Waals surface area contributed by atoms with Crippen LogP contribution in [0.2, 0.25) is 5.02 Å². The van der Waals surface area contributed by atoms with Gasteiger partial charge in [0.05, 0.1) is 23.2 Å². The molecule has 1 aromatic heterocycles. The third-order valence-corrected chi connectivity index (χ3v) is 5.28. The van der Waals surface area contributed by atoms with E-state index in [1.54, 1.807) is 4.68 Å². The number of nitrogen functional groups attached to an aromatic ring is 1. The van der Waals surface area contributed by atoms with E-state index in [0.717, 1.165) is 0 Å². The summed E-state index contributed by atoms with van der Waals surface area (Å²) in [5.41, 5.74) is 6.44. The highest BCUT2D eigenvalue weighted by Crippen LogP contribution is 2.36. The van der Waals surface area contributed by atoms with E-state index in [0.29, 0.717) is 23.0 Å². The Bertz CT molecular complexity index is 572. The lowest BCUT2D eigenvalue weighted by Gasteiger charge is -2.15. The average Bonchev–Trinajstić information content (AvgIpc) is 2.69. The highest BCUT2D eigenvalue weighted by atomic mass is 35.5. The lowest BCUT2D eigenvalue weighted by Crippen LogP contribution is -2.17. The first-order valence-electron chi connectivity index (χ1n) is 5.86. The van der Waals surface area contributed by atoms with Gasteiger partial charge < -0.3 is 5.73 Å². The van der Waals surface area contributed by atoms with E-state index in [1.807, 2.05) is 20.8 Å². The SMILES string of the molecule is CC(C)(C)c1nn(C2CCS(=O)(=O)C2)c(N)c1Cl. The van der Waals surface area contributed by atoms with Crippen LogP contribution >= 0.6 is 11.6 Å². The van der Waals surface area contributed by atoms with E-state index < -0.39 is 9.84 Å². The van der Waals surface area contributed by atoms with Gasteiger partial charge in [-0.25, -0.2) is 13.1 Å². The molecule has 2 rings (SSSR count). The largest absolute Gasteiger partial charge is 0.383 e. The Labute approximate surface area is 112 Å². The Morgan fingerprint density at radius 3 is 2.44 bits per heavy atom. The minimum absolute atomic E-state index is 0.0960. The number of nitrogens with two attached hydrogens (primary N) is 1. The van der Waals surface area contributed by atoms with Crippen LogP contribution in [-0.4, -0.2) is 29.7 Å². The molecule has 0 radical (unpaired) electrons. The molecule has 0 amide bonds. The van der Waals surface area contributed by atoms with E-state index >= 15 is 0 Å². The van der Waals surface area contributed by atoms with Crippen molar-refractivity contribution in [2.75, 3.05) is 17.2 Å². The fourth-order valence-corrected chi connectivity index (χ4v) is 4.25. The molecule has 2 heterocycles. The number of rotatable bonds is 1. The average molecular weight is 292 g/mol. The van der Waals surface area contributed by atoms with Crippen LogP contribution in [0.25, 0.3) is 0 Å². The molecule has 0 spiro atoms. The Hall–Kier alpha value is -0.750. The molecule has 18 heavy (non-hydrogen) atoms. The van der Waals surface area contributed by atoms with Crippen LogP contribution in [0.5, 0.6) is 0 Å². The highest BCUT2D eigenvalue weighted by molar-refractivity contribution is 7.91. The van der Waals surface area contributed by atoms with Crippen molar-refractivity contribution in [2.45, 2.75) is 38.6 Å². The zero-order valence-electron chi connectivity index (χ0n) is 10.8. The topological polar surface area (TPSA) is 78.0 Å². The molecule has 0 aromatic carbocycles. The molecular formula is C11H18ClN3O2S. The van der Waals surface area contributed by atoms with Gasteiger partial charge in [-0.05, 0) is 6.42 Å². The van der Waals surface area contributed by atoms with E-state index in [4.69, 9.17) is 17.3 Å². The van der Waals surface area contributed by atoms with Crippen LogP contribution in [0, 0.1) is 0 Å². The van der Waals surface area contributed by atoms with Gasteiger partial charge in [0.2, 0.25) is 0 Å². The van der Waals surface area contributed by atoms with Crippen molar-refractivity contribution in [3.05, 3.63) is 10.7 Å². The Morgan fingerprint density at radius 2 is 2.06 bits per heavy atom. The second-order valence-corrected chi connectivity index (χ2v) is 8.41. The van der Waals surface area contributed by atoms with Crippen molar-refractivity contribution in [3.8, 4) is 0 Å².